The molecular weight excluding hydrogens is 212 g/mol. The molecule has 0 aliphatic carbocycles. The minimum absolute atomic E-state index is 0.129. The Morgan fingerprint density at radius 2 is 1.44 bits per heavy atom. The third-order valence-electron chi connectivity index (χ3n) is 2.85. The predicted octanol–water partition coefficient (Wildman–Crippen LogP) is 0.755. The Labute approximate surface area is 96.0 Å². The van der Waals surface area contributed by atoms with Crippen molar-refractivity contribution in [2.24, 2.45) is 0 Å². The van der Waals surface area contributed by atoms with Gasteiger partial charge in [0, 0.05) is 21.1 Å². The van der Waals surface area contributed by atoms with Crippen LogP contribution in [0.3, 0.4) is 0 Å². The Hall–Kier alpha value is -0.650. The molecule has 0 aromatic heterocycles. The molecule has 0 amide bonds. The first-order valence-electron chi connectivity index (χ1n) is 5.39. The zero-order valence-electron chi connectivity index (χ0n) is 10.4. The number of hydrogen-bond donors (Lipinski definition) is 0. The van der Waals surface area contributed by atoms with Crippen molar-refractivity contribution >= 4 is 5.97 Å². The summed E-state index contributed by atoms with van der Waals surface area (Å²) in [5, 5.41) is 0. The van der Waals surface area contributed by atoms with E-state index < -0.39 is 6.10 Å². The first-order chi connectivity index (χ1) is 7.51. The van der Waals surface area contributed by atoms with Crippen LogP contribution >= 0.6 is 0 Å². The highest BCUT2D eigenvalue weighted by molar-refractivity contribution is 5.66. The number of methoxy groups -OCH3 is 2. The summed E-state index contributed by atoms with van der Waals surface area (Å²) in [4.78, 5) is 11.1. The van der Waals surface area contributed by atoms with E-state index in [0.29, 0.717) is 0 Å². The lowest BCUT2D eigenvalue weighted by molar-refractivity contribution is -0.236. The van der Waals surface area contributed by atoms with Gasteiger partial charge in [-0.3, -0.25) is 4.79 Å². The maximum atomic E-state index is 11.1. The molecule has 0 aromatic carbocycles. The molecule has 94 valence electrons. The summed E-state index contributed by atoms with van der Waals surface area (Å²) in [5.41, 5.74) is 0. The van der Waals surface area contributed by atoms with Crippen LogP contribution in [0.4, 0.5) is 0 Å². The highest BCUT2D eigenvalue weighted by Crippen LogP contribution is 2.26. The van der Waals surface area contributed by atoms with Gasteiger partial charge in [-0.05, 0) is 13.8 Å². The molecule has 1 heterocycles. The van der Waals surface area contributed by atoms with Crippen molar-refractivity contribution in [3.8, 4) is 0 Å². The molecule has 0 spiro atoms. The van der Waals surface area contributed by atoms with Gasteiger partial charge in [-0.15, -0.1) is 0 Å². The van der Waals surface area contributed by atoms with E-state index in [9.17, 15) is 4.79 Å². The largest absolute Gasteiger partial charge is 0.457 e. The lowest BCUT2D eigenvalue weighted by Crippen LogP contribution is -2.58. The van der Waals surface area contributed by atoms with Crippen molar-refractivity contribution in [1.29, 1.82) is 0 Å². The third kappa shape index (κ3) is 2.72. The smallest absolute Gasteiger partial charge is 0.303 e. The van der Waals surface area contributed by atoms with Gasteiger partial charge in [0.25, 0.3) is 0 Å². The molecule has 16 heavy (non-hydrogen) atoms. The van der Waals surface area contributed by atoms with Gasteiger partial charge in [0.05, 0.1) is 12.2 Å². The van der Waals surface area contributed by atoms with E-state index in [1.54, 1.807) is 14.2 Å². The Morgan fingerprint density at radius 1 is 1.00 bits per heavy atom. The highest BCUT2D eigenvalue weighted by Gasteiger charge is 2.45. The summed E-state index contributed by atoms with van der Waals surface area (Å²) in [7, 11) is 3.15. The second kappa shape index (κ2) is 5.61. The predicted molar refractivity (Wildman–Crippen MR) is 57.2 cm³/mol. The van der Waals surface area contributed by atoms with E-state index in [1.807, 2.05) is 13.8 Å². The summed E-state index contributed by atoms with van der Waals surface area (Å²) in [6.07, 6.45) is -1.28. The summed E-state index contributed by atoms with van der Waals surface area (Å²) >= 11 is 0. The number of esters is 1. The lowest BCUT2D eigenvalue weighted by Gasteiger charge is -2.42. The van der Waals surface area contributed by atoms with Gasteiger partial charge < -0.3 is 18.9 Å². The Morgan fingerprint density at radius 3 is 1.75 bits per heavy atom. The standard InChI is InChI=1S/C11H20O5/c1-6-9(13-4)11(16-8(3)12)10(14-5)7(2)15-6/h6-7,9-11H,1-5H3/t6-,7-,9-,10-/m0/s1. The van der Waals surface area contributed by atoms with E-state index in [2.05, 4.69) is 0 Å². The van der Waals surface area contributed by atoms with Crippen molar-refractivity contribution in [2.45, 2.75) is 51.3 Å². The topological polar surface area (TPSA) is 54.0 Å². The molecule has 0 radical (unpaired) electrons. The van der Waals surface area contributed by atoms with Crippen molar-refractivity contribution in [1.82, 2.24) is 0 Å². The molecule has 0 N–H and O–H groups in total. The van der Waals surface area contributed by atoms with Crippen LogP contribution in [-0.4, -0.2) is 50.7 Å². The monoisotopic (exact) mass is 232 g/mol. The van der Waals surface area contributed by atoms with Crippen molar-refractivity contribution < 1.29 is 23.7 Å². The molecular formula is C11H20O5. The summed E-state index contributed by atoms with van der Waals surface area (Å²) in [6, 6.07) is 0. The van der Waals surface area contributed by atoms with Crippen LogP contribution in [0.2, 0.25) is 0 Å². The fraction of sp³-hybridized carbons (Fsp3) is 0.909. The number of carbonyl (C=O) groups is 1. The van der Waals surface area contributed by atoms with Gasteiger partial charge in [0.1, 0.15) is 12.2 Å². The van der Waals surface area contributed by atoms with Crippen LogP contribution in [0.1, 0.15) is 20.8 Å². The maximum absolute atomic E-state index is 11.1. The van der Waals surface area contributed by atoms with Gasteiger partial charge in [-0.1, -0.05) is 0 Å². The molecule has 0 bridgehead atoms. The molecule has 1 fully saturated rings. The summed E-state index contributed by atoms with van der Waals surface area (Å²) < 4.78 is 21.6. The first kappa shape index (κ1) is 13.4. The quantitative estimate of drug-likeness (QED) is 0.672. The molecule has 5 nitrogen and oxygen atoms in total. The molecule has 5 heteroatoms. The van der Waals surface area contributed by atoms with E-state index in [0.717, 1.165) is 0 Å². The number of hydrogen-bond acceptors (Lipinski definition) is 5. The average Bonchev–Trinajstić information content (AvgIpc) is 2.17. The van der Waals surface area contributed by atoms with Crippen LogP contribution < -0.4 is 0 Å². The zero-order valence-corrected chi connectivity index (χ0v) is 10.4. The Bertz CT molecular complexity index is 227. The minimum atomic E-state index is -0.425. The first-order valence-corrected chi connectivity index (χ1v) is 5.39. The SMILES string of the molecule is CO[C@@H]1C(OC(C)=O)[C@@H](OC)[C@H](C)O[C@H]1C. The van der Waals surface area contributed by atoms with Crippen LogP contribution in [-0.2, 0) is 23.7 Å². The molecule has 1 aliphatic rings. The number of rotatable bonds is 3. The fourth-order valence-electron chi connectivity index (χ4n) is 2.19. The van der Waals surface area contributed by atoms with E-state index in [4.69, 9.17) is 18.9 Å². The lowest BCUT2D eigenvalue weighted by atomic mass is 9.96. The average molecular weight is 232 g/mol. The molecule has 0 saturated carbocycles. The highest BCUT2D eigenvalue weighted by atomic mass is 16.6. The molecule has 0 unspecified atom stereocenters. The molecule has 1 aliphatic heterocycles. The number of ether oxygens (including phenoxy) is 4. The van der Waals surface area contributed by atoms with E-state index in [1.165, 1.54) is 6.92 Å². The van der Waals surface area contributed by atoms with Crippen LogP contribution in [0, 0.1) is 0 Å². The van der Waals surface area contributed by atoms with Gasteiger partial charge >= 0.3 is 5.97 Å². The second-order valence-electron chi connectivity index (χ2n) is 4.02. The van der Waals surface area contributed by atoms with E-state index >= 15 is 0 Å². The minimum Gasteiger partial charge on any atom is -0.457 e. The van der Waals surface area contributed by atoms with Crippen LogP contribution in [0.15, 0.2) is 0 Å². The van der Waals surface area contributed by atoms with Crippen molar-refractivity contribution in [2.75, 3.05) is 14.2 Å². The molecule has 0 aromatic rings. The Kier molecular flexibility index (Phi) is 4.70. The van der Waals surface area contributed by atoms with Crippen molar-refractivity contribution in [3.63, 3.8) is 0 Å². The maximum Gasteiger partial charge on any atom is 0.303 e. The van der Waals surface area contributed by atoms with Crippen LogP contribution in [0.5, 0.6) is 0 Å². The van der Waals surface area contributed by atoms with E-state index in [-0.39, 0.29) is 30.4 Å². The zero-order chi connectivity index (χ0) is 12.3. The second-order valence-corrected chi connectivity index (χ2v) is 4.02. The Balaban J connectivity index is 2.85. The molecule has 4 atom stereocenters. The summed E-state index contributed by atoms with van der Waals surface area (Å²) in [5.74, 6) is -0.338. The molecule has 1 rings (SSSR count). The van der Waals surface area contributed by atoms with Crippen molar-refractivity contribution in [3.05, 3.63) is 0 Å². The van der Waals surface area contributed by atoms with Gasteiger partial charge in [0.2, 0.25) is 0 Å². The normalized spacial score (nSPS) is 39.4. The number of carbonyl (C=O) groups excluding carboxylic acids is 1. The van der Waals surface area contributed by atoms with Gasteiger partial charge in [-0.25, -0.2) is 0 Å². The third-order valence-corrected chi connectivity index (χ3v) is 2.85. The van der Waals surface area contributed by atoms with Gasteiger partial charge in [0.15, 0.2) is 6.10 Å². The van der Waals surface area contributed by atoms with Crippen LogP contribution in [0.25, 0.3) is 0 Å². The molecule has 1 saturated heterocycles. The fourth-order valence-corrected chi connectivity index (χ4v) is 2.19. The van der Waals surface area contributed by atoms with Gasteiger partial charge in [-0.2, -0.15) is 0 Å². The summed E-state index contributed by atoms with van der Waals surface area (Å²) in [6.45, 7) is 5.17.